The Hall–Kier alpha value is -1.34. The summed E-state index contributed by atoms with van der Waals surface area (Å²) in [6, 6.07) is 3.72. The lowest BCUT2D eigenvalue weighted by atomic mass is 10.3. The monoisotopic (exact) mass is 560 g/mol. The van der Waals surface area contributed by atoms with Gasteiger partial charge in [0.25, 0.3) is 0 Å². The average Bonchev–Trinajstić information content (AvgIpc) is 3.29. The van der Waals surface area contributed by atoms with Gasteiger partial charge in [0.15, 0.2) is 11.7 Å². The quantitative estimate of drug-likeness (QED) is 0.327. The number of aliphatic imine (C=N–C) groups is 1. The molecule has 1 atom stereocenters. The number of pyridine rings is 1. The van der Waals surface area contributed by atoms with Crippen LogP contribution < -0.4 is 15.5 Å². The van der Waals surface area contributed by atoms with Gasteiger partial charge in [0.1, 0.15) is 10.8 Å². The van der Waals surface area contributed by atoms with Crippen LogP contribution >= 0.6 is 46.9 Å². The fourth-order valence-corrected chi connectivity index (χ4v) is 3.82. The molecule has 0 spiro atoms. The van der Waals surface area contributed by atoms with E-state index in [2.05, 4.69) is 30.5 Å². The van der Waals surface area contributed by atoms with Gasteiger partial charge in [0.05, 0.1) is 11.6 Å². The molecule has 0 amide bonds. The first-order valence-corrected chi connectivity index (χ1v) is 10.0. The lowest BCUT2D eigenvalue weighted by molar-refractivity contribution is -0.140. The van der Waals surface area contributed by atoms with Gasteiger partial charge in [0, 0.05) is 37.3 Å². The number of alkyl halides is 3. The zero-order valence-corrected chi connectivity index (χ0v) is 19.4. The second kappa shape index (κ2) is 10.6. The second-order valence-corrected chi connectivity index (χ2v) is 7.55. The van der Waals surface area contributed by atoms with Crippen LogP contribution in [-0.2, 0) is 12.7 Å². The number of hydrogen-bond acceptors (Lipinski definition) is 5. The highest BCUT2D eigenvalue weighted by Gasteiger charge is 2.33. The van der Waals surface area contributed by atoms with Crippen molar-refractivity contribution < 1.29 is 13.2 Å². The normalized spacial score (nSPS) is 17.2. The minimum atomic E-state index is -4.43. The van der Waals surface area contributed by atoms with E-state index >= 15 is 0 Å². The third kappa shape index (κ3) is 6.57. The third-order valence-electron chi connectivity index (χ3n) is 4.13. The number of thiazole rings is 1. The van der Waals surface area contributed by atoms with Crippen molar-refractivity contribution in [3.63, 3.8) is 0 Å². The summed E-state index contributed by atoms with van der Waals surface area (Å²) in [5, 5.41) is 8.37. The fourth-order valence-electron chi connectivity index (χ4n) is 2.85. The van der Waals surface area contributed by atoms with Crippen LogP contribution in [0.2, 0.25) is 5.02 Å². The molecule has 1 aliphatic rings. The van der Waals surface area contributed by atoms with E-state index in [4.69, 9.17) is 11.6 Å². The molecule has 12 heteroatoms. The van der Waals surface area contributed by atoms with Gasteiger partial charge in [-0.15, -0.1) is 35.3 Å². The molecule has 0 aliphatic carbocycles. The van der Waals surface area contributed by atoms with Crippen molar-refractivity contribution in [2.24, 2.45) is 4.99 Å². The Labute approximate surface area is 193 Å². The Balaban J connectivity index is 0.00000300. The second-order valence-electron chi connectivity index (χ2n) is 6.20. The molecule has 2 aromatic heterocycles. The molecule has 0 saturated carbocycles. The largest absolute Gasteiger partial charge is 0.434 e. The van der Waals surface area contributed by atoms with Crippen molar-refractivity contribution in [2.45, 2.75) is 32.1 Å². The lowest BCUT2D eigenvalue weighted by Crippen LogP contribution is -2.44. The Morgan fingerprint density at radius 2 is 2.24 bits per heavy atom. The third-order valence-corrected chi connectivity index (χ3v) is 5.26. The van der Waals surface area contributed by atoms with Crippen LogP contribution in [0.4, 0.5) is 19.0 Å². The first-order valence-electron chi connectivity index (χ1n) is 8.78. The summed E-state index contributed by atoms with van der Waals surface area (Å²) in [5.74, 6) is 1.29. The van der Waals surface area contributed by atoms with Gasteiger partial charge in [-0.25, -0.2) is 15.0 Å². The number of halogens is 5. The maximum Gasteiger partial charge on any atom is 0.434 e. The maximum atomic E-state index is 12.7. The van der Waals surface area contributed by atoms with E-state index in [0.29, 0.717) is 29.1 Å². The topological polar surface area (TPSA) is 65.4 Å². The molecule has 6 nitrogen and oxygen atoms in total. The predicted octanol–water partition coefficient (Wildman–Crippen LogP) is 4.16. The standard InChI is InChI=1S/C17H20ClF3N6S.HI/c1-2-22-16(24-8-14-26-13(10-28-14)17(19,20)21)25-11-5-7-27(9-11)15-12(18)4-3-6-23-15;/h3-4,6,10-11H,2,5,7-9H2,1H3,(H2,22,24,25);1H. The number of anilines is 1. The molecule has 29 heavy (non-hydrogen) atoms. The van der Waals surface area contributed by atoms with Crippen molar-refractivity contribution in [2.75, 3.05) is 24.5 Å². The molecule has 3 rings (SSSR count). The number of guanidine groups is 1. The number of nitrogens with one attached hydrogen (secondary N) is 2. The number of aromatic nitrogens is 2. The van der Waals surface area contributed by atoms with Crippen LogP contribution in [0, 0.1) is 0 Å². The highest BCUT2D eigenvalue weighted by molar-refractivity contribution is 14.0. The highest BCUT2D eigenvalue weighted by Crippen LogP contribution is 2.30. The van der Waals surface area contributed by atoms with Crippen molar-refractivity contribution >= 4 is 58.7 Å². The molecule has 2 N–H and O–H groups in total. The molecule has 0 aromatic carbocycles. The van der Waals surface area contributed by atoms with Crippen LogP contribution in [0.3, 0.4) is 0 Å². The Morgan fingerprint density at radius 1 is 1.45 bits per heavy atom. The molecule has 3 heterocycles. The molecule has 1 aliphatic heterocycles. The SMILES string of the molecule is CCNC(=NCc1nc(C(F)(F)F)cs1)NC1CCN(c2ncccc2Cl)C1.I. The predicted molar refractivity (Wildman–Crippen MR) is 120 cm³/mol. The first kappa shape index (κ1) is 23.9. The van der Waals surface area contributed by atoms with Gasteiger partial charge < -0.3 is 15.5 Å². The highest BCUT2D eigenvalue weighted by atomic mass is 127. The average molecular weight is 561 g/mol. The molecule has 2 aromatic rings. The number of rotatable bonds is 5. The van der Waals surface area contributed by atoms with E-state index in [1.165, 1.54) is 0 Å². The first-order chi connectivity index (χ1) is 13.4. The molecule has 1 unspecified atom stereocenters. The summed E-state index contributed by atoms with van der Waals surface area (Å²) in [4.78, 5) is 14.4. The van der Waals surface area contributed by atoms with Crippen LogP contribution in [0.25, 0.3) is 0 Å². The van der Waals surface area contributed by atoms with Crippen molar-refractivity contribution in [1.29, 1.82) is 0 Å². The number of hydrogen-bond donors (Lipinski definition) is 2. The van der Waals surface area contributed by atoms with E-state index in [1.54, 1.807) is 18.3 Å². The molecule has 0 bridgehead atoms. The Kier molecular flexibility index (Phi) is 8.76. The molecular weight excluding hydrogens is 540 g/mol. The Morgan fingerprint density at radius 3 is 2.90 bits per heavy atom. The van der Waals surface area contributed by atoms with E-state index in [-0.39, 0.29) is 36.6 Å². The minimum Gasteiger partial charge on any atom is -0.357 e. The van der Waals surface area contributed by atoms with Crippen LogP contribution in [0.1, 0.15) is 24.0 Å². The maximum absolute atomic E-state index is 12.7. The molecule has 160 valence electrons. The van der Waals surface area contributed by atoms with E-state index in [9.17, 15) is 13.2 Å². The molecule has 1 fully saturated rings. The van der Waals surface area contributed by atoms with Gasteiger partial charge in [-0.3, -0.25) is 0 Å². The van der Waals surface area contributed by atoms with E-state index in [1.807, 2.05) is 6.92 Å². The van der Waals surface area contributed by atoms with Crippen LogP contribution in [0.5, 0.6) is 0 Å². The zero-order chi connectivity index (χ0) is 20.1. The summed E-state index contributed by atoms with van der Waals surface area (Å²) in [6.07, 6.45) is -1.86. The van der Waals surface area contributed by atoms with Crippen LogP contribution in [-0.4, -0.2) is 41.6 Å². The molecular formula is C17H21ClF3IN6S. The summed E-state index contributed by atoms with van der Waals surface area (Å²) < 4.78 is 38.0. The summed E-state index contributed by atoms with van der Waals surface area (Å²) in [7, 11) is 0. The summed E-state index contributed by atoms with van der Waals surface area (Å²) >= 11 is 7.17. The van der Waals surface area contributed by atoms with Crippen molar-refractivity contribution in [3.8, 4) is 0 Å². The molecule has 1 saturated heterocycles. The zero-order valence-electron chi connectivity index (χ0n) is 15.5. The van der Waals surface area contributed by atoms with Gasteiger partial charge in [0.2, 0.25) is 0 Å². The summed E-state index contributed by atoms with van der Waals surface area (Å²) in [5.41, 5.74) is -0.876. The lowest BCUT2D eigenvalue weighted by Gasteiger charge is -2.20. The van der Waals surface area contributed by atoms with Crippen LogP contribution in [0.15, 0.2) is 28.7 Å². The number of nitrogens with zero attached hydrogens (tertiary/aromatic N) is 4. The van der Waals surface area contributed by atoms with E-state index in [0.717, 1.165) is 35.5 Å². The van der Waals surface area contributed by atoms with Crippen molar-refractivity contribution in [3.05, 3.63) is 39.4 Å². The van der Waals surface area contributed by atoms with Crippen molar-refractivity contribution in [1.82, 2.24) is 20.6 Å². The van der Waals surface area contributed by atoms with Gasteiger partial charge >= 0.3 is 6.18 Å². The smallest absolute Gasteiger partial charge is 0.357 e. The summed E-state index contributed by atoms with van der Waals surface area (Å²) in [6.45, 7) is 4.15. The van der Waals surface area contributed by atoms with Gasteiger partial charge in [-0.1, -0.05) is 11.6 Å². The van der Waals surface area contributed by atoms with Gasteiger partial charge in [-0.05, 0) is 25.5 Å². The Bertz CT molecular complexity index is 831. The molecule has 0 radical (unpaired) electrons. The fraction of sp³-hybridized carbons (Fsp3) is 0.471. The van der Waals surface area contributed by atoms with Gasteiger partial charge in [-0.2, -0.15) is 13.2 Å². The minimum absolute atomic E-state index is 0. The van der Waals surface area contributed by atoms with E-state index < -0.39 is 11.9 Å².